The van der Waals surface area contributed by atoms with Crippen LogP contribution in [-0.2, 0) is 11.2 Å². The quantitative estimate of drug-likeness (QED) is 0.873. The van der Waals surface area contributed by atoms with Gasteiger partial charge in [0.1, 0.15) is 5.75 Å². The van der Waals surface area contributed by atoms with E-state index >= 15 is 0 Å². The van der Waals surface area contributed by atoms with Crippen molar-refractivity contribution in [2.45, 2.75) is 38.6 Å². The van der Waals surface area contributed by atoms with Gasteiger partial charge in [-0.25, -0.2) is 0 Å². The van der Waals surface area contributed by atoms with Gasteiger partial charge in [-0.05, 0) is 49.5 Å². The number of hydrogen-bond acceptors (Lipinski definition) is 3. The molecule has 1 aliphatic heterocycles. The number of rotatable bonds is 5. The highest BCUT2D eigenvalue weighted by Crippen LogP contribution is 2.23. The first-order valence-corrected chi connectivity index (χ1v) is 7.68. The Kier molecular flexibility index (Phi) is 5.87. The van der Waals surface area contributed by atoms with E-state index in [0.717, 1.165) is 25.1 Å². The molecule has 0 aliphatic carbocycles. The molecule has 1 heterocycles. The van der Waals surface area contributed by atoms with E-state index in [1.165, 1.54) is 12.1 Å². The van der Waals surface area contributed by atoms with Crippen LogP contribution in [0.2, 0.25) is 0 Å². The highest BCUT2D eigenvalue weighted by atomic mass is 19.4. The third-order valence-corrected chi connectivity index (χ3v) is 3.93. The molecule has 1 aromatic rings. The van der Waals surface area contributed by atoms with Gasteiger partial charge in [0, 0.05) is 12.5 Å². The Balaban J connectivity index is 1.77. The van der Waals surface area contributed by atoms with Crippen LogP contribution >= 0.6 is 0 Å². The van der Waals surface area contributed by atoms with Crippen molar-refractivity contribution in [3.63, 3.8) is 0 Å². The summed E-state index contributed by atoms with van der Waals surface area (Å²) in [4.78, 5) is 12.0. The normalized spacial score (nSPS) is 21.7. The third kappa shape index (κ3) is 6.09. The Bertz CT molecular complexity index is 517. The molecule has 0 radical (unpaired) electrons. The second kappa shape index (κ2) is 7.68. The number of amides is 1. The number of carbonyl (C=O) groups is 1. The smallest absolute Gasteiger partial charge is 0.406 e. The summed E-state index contributed by atoms with van der Waals surface area (Å²) in [6.07, 6.45) is -2.98. The average molecular weight is 330 g/mol. The molecule has 2 rings (SSSR count). The molecule has 0 bridgehead atoms. The minimum atomic E-state index is -4.69. The van der Waals surface area contributed by atoms with E-state index in [1.54, 1.807) is 12.1 Å². The Morgan fingerprint density at radius 2 is 2.04 bits per heavy atom. The standard InChI is InChI=1S/C16H21F3N2O2/c1-11-10-20-9-8-14(11)21-15(22)7-4-12-2-5-13(6-3-12)23-16(17,18)19/h2-3,5-6,11,14,20H,4,7-10H2,1H3,(H,21,22). The number of aryl methyl sites for hydroxylation is 1. The van der Waals surface area contributed by atoms with E-state index in [4.69, 9.17) is 0 Å². The van der Waals surface area contributed by atoms with E-state index in [1.807, 2.05) is 0 Å². The number of ether oxygens (including phenoxy) is 1. The zero-order chi connectivity index (χ0) is 16.9. The number of nitrogens with one attached hydrogen (secondary N) is 2. The van der Waals surface area contributed by atoms with Crippen LogP contribution in [0.25, 0.3) is 0 Å². The van der Waals surface area contributed by atoms with Gasteiger partial charge < -0.3 is 15.4 Å². The molecule has 1 aromatic carbocycles. The fourth-order valence-corrected chi connectivity index (χ4v) is 2.62. The number of alkyl halides is 3. The summed E-state index contributed by atoms with van der Waals surface area (Å²) in [7, 11) is 0. The third-order valence-electron chi connectivity index (χ3n) is 3.93. The molecule has 7 heteroatoms. The van der Waals surface area contributed by atoms with Crippen molar-refractivity contribution in [3.05, 3.63) is 29.8 Å². The van der Waals surface area contributed by atoms with Crippen molar-refractivity contribution < 1.29 is 22.7 Å². The van der Waals surface area contributed by atoms with Crippen LogP contribution in [0.5, 0.6) is 5.75 Å². The Labute approximate surface area is 133 Å². The SMILES string of the molecule is CC1CNCCC1NC(=O)CCc1ccc(OC(F)(F)F)cc1. The summed E-state index contributed by atoms with van der Waals surface area (Å²) < 4.78 is 40.0. The maximum Gasteiger partial charge on any atom is 0.573 e. The number of carbonyl (C=O) groups excluding carboxylic acids is 1. The molecule has 1 aliphatic rings. The molecule has 0 aromatic heterocycles. The van der Waals surface area contributed by atoms with Crippen LogP contribution in [0.3, 0.4) is 0 Å². The predicted molar refractivity (Wildman–Crippen MR) is 80.0 cm³/mol. The van der Waals surface area contributed by atoms with Gasteiger partial charge in [0.2, 0.25) is 5.91 Å². The van der Waals surface area contributed by atoms with Gasteiger partial charge in [-0.3, -0.25) is 4.79 Å². The van der Waals surface area contributed by atoms with Gasteiger partial charge in [-0.2, -0.15) is 0 Å². The first kappa shape index (κ1) is 17.6. The fraction of sp³-hybridized carbons (Fsp3) is 0.562. The van der Waals surface area contributed by atoms with Gasteiger partial charge in [0.15, 0.2) is 0 Å². The van der Waals surface area contributed by atoms with Crippen molar-refractivity contribution in [1.29, 1.82) is 0 Å². The van der Waals surface area contributed by atoms with Crippen LogP contribution in [-0.4, -0.2) is 31.4 Å². The predicted octanol–water partition coefficient (Wildman–Crippen LogP) is 2.63. The van der Waals surface area contributed by atoms with Crippen LogP contribution in [0.15, 0.2) is 24.3 Å². The van der Waals surface area contributed by atoms with Gasteiger partial charge in [-0.15, -0.1) is 13.2 Å². The molecule has 1 saturated heterocycles. The molecule has 0 spiro atoms. The topological polar surface area (TPSA) is 50.4 Å². The maximum absolute atomic E-state index is 12.1. The van der Waals surface area contributed by atoms with Crippen LogP contribution in [0.4, 0.5) is 13.2 Å². The summed E-state index contributed by atoms with van der Waals surface area (Å²) in [6.45, 7) is 3.89. The summed E-state index contributed by atoms with van der Waals surface area (Å²) >= 11 is 0. The molecular weight excluding hydrogens is 309 g/mol. The lowest BCUT2D eigenvalue weighted by atomic mass is 9.95. The summed E-state index contributed by atoms with van der Waals surface area (Å²) in [5.41, 5.74) is 0.799. The highest BCUT2D eigenvalue weighted by Gasteiger charge is 2.31. The zero-order valence-electron chi connectivity index (χ0n) is 13.0. The van der Waals surface area contributed by atoms with Crippen molar-refractivity contribution in [2.24, 2.45) is 5.92 Å². The Morgan fingerprint density at radius 3 is 2.65 bits per heavy atom. The Hall–Kier alpha value is -1.76. The average Bonchev–Trinajstić information content (AvgIpc) is 2.47. The molecule has 4 nitrogen and oxygen atoms in total. The molecule has 128 valence electrons. The van der Waals surface area contributed by atoms with Crippen molar-refractivity contribution in [1.82, 2.24) is 10.6 Å². The second-order valence-electron chi connectivity index (χ2n) is 5.84. The molecule has 2 unspecified atom stereocenters. The molecular formula is C16H21F3N2O2. The summed E-state index contributed by atoms with van der Waals surface area (Å²) in [5, 5.41) is 6.30. The minimum absolute atomic E-state index is 0.0284. The summed E-state index contributed by atoms with van der Waals surface area (Å²) in [5.74, 6) is 0.111. The number of piperidine rings is 1. The zero-order valence-corrected chi connectivity index (χ0v) is 13.0. The first-order chi connectivity index (χ1) is 10.8. The van der Waals surface area contributed by atoms with E-state index in [0.29, 0.717) is 18.8 Å². The molecule has 1 fully saturated rings. The molecule has 0 saturated carbocycles. The number of halogens is 3. The number of benzene rings is 1. The van der Waals surface area contributed by atoms with Gasteiger partial charge in [0.05, 0.1) is 0 Å². The van der Waals surface area contributed by atoms with Gasteiger partial charge >= 0.3 is 6.36 Å². The monoisotopic (exact) mass is 330 g/mol. The van der Waals surface area contributed by atoms with Crippen LogP contribution < -0.4 is 15.4 Å². The van der Waals surface area contributed by atoms with Crippen molar-refractivity contribution >= 4 is 5.91 Å². The summed E-state index contributed by atoms with van der Waals surface area (Å²) in [6, 6.07) is 5.79. The van der Waals surface area contributed by atoms with Gasteiger partial charge in [-0.1, -0.05) is 19.1 Å². The van der Waals surface area contributed by atoms with E-state index in [2.05, 4.69) is 22.3 Å². The van der Waals surface area contributed by atoms with E-state index in [9.17, 15) is 18.0 Å². The van der Waals surface area contributed by atoms with Crippen LogP contribution in [0.1, 0.15) is 25.3 Å². The van der Waals surface area contributed by atoms with E-state index in [-0.39, 0.29) is 17.7 Å². The van der Waals surface area contributed by atoms with Gasteiger partial charge in [0.25, 0.3) is 0 Å². The van der Waals surface area contributed by atoms with Crippen LogP contribution in [0, 0.1) is 5.92 Å². The lowest BCUT2D eigenvalue weighted by Crippen LogP contribution is -2.48. The maximum atomic E-state index is 12.1. The number of hydrogen-bond donors (Lipinski definition) is 2. The lowest BCUT2D eigenvalue weighted by molar-refractivity contribution is -0.274. The molecule has 23 heavy (non-hydrogen) atoms. The largest absolute Gasteiger partial charge is 0.573 e. The van der Waals surface area contributed by atoms with Crippen molar-refractivity contribution in [2.75, 3.05) is 13.1 Å². The Morgan fingerprint density at radius 1 is 1.35 bits per heavy atom. The highest BCUT2D eigenvalue weighted by molar-refractivity contribution is 5.76. The second-order valence-corrected chi connectivity index (χ2v) is 5.84. The first-order valence-electron chi connectivity index (χ1n) is 7.68. The molecule has 1 amide bonds. The lowest BCUT2D eigenvalue weighted by Gasteiger charge is -2.30. The van der Waals surface area contributed by atoms with Crippen molar-refractivity contribution in [3.8, 4) is 5.75 Å². The van der Waals surface area contributed by atoms with E-state index < -0.39 is 6.36 Å². The minimum Gasteiger partial charge on any atom is -0.406 e. The molecule has 2 N–H and O–H groups in total. The molecule has 2 atom stereocenters. The fourth-order valence-electron chi connectivity index (χ4n) is 2.62.